The van der Waals surface area contributed by atoms with Gasteiger partial charge in [-0.1, -0.05) is 54.6 Å². The van der Waals surface area contributed by atoms with Gasteiger partial charge >= 0.3 is 0 Å². The Hall–Kier alpha value is -1.89. The van der Waals surface area contributed by atoms with Crippen molar-refractivity contribution >= 4 is 5.57 Å². The molecule has 0 atom stereocenters. The van der Waals surface area contributed by atoms with Crippen molar-refractivity contribution in [3.8, 4) is 0 Å². The summed E-state index contributed by atoms with van der Waals surface area (Å²) < 4.78 is 14.4. The third-order valence-corrected chi connectivity index (χ3v) is 3.46. The van der Waals surface area contributed by atoms with Gasteiger partial charge < -0.3 is 0 Å². The number of benzene rings is 2. The van der Waals surface area contributed by atoms with Crippen LogP contribution in [-0.4, -0.2) is 0 Å². The van der Waals surface area contributed by atoms with Gasteiger partial charge in [-0.2, -0.15) is 0 Å². The molecule has 1 aliphatic carbocycles. The van der Waals surface area contributed by atoms with E-state index in [4.69, 9.17) is 0 Å². The second kappa shape index (κ2) is 4.77. The van der Waals surface area contributed by atoms with Crippen LogP contribution in [0.3, 0.4) is 0 Å². The van der Waals surface area contributed by atoms with Gasteiger partial charge in [-0.3, -0.25) is 0 Å². The lowest BCUT2D eigenvalue weighted by Gasteiger charge is -2.11. The molecule has 0 aliphatic heterocycles. The molecule has 0 radical (unpaired) electrons. The third-order valence-electron chi connectivity index (χ3n) is 3.46. The summed E-state index contributed by atoms with van der Waals surface area (Å²) in [5.41, 5.74) is 4.07. The Labute approximate surface area is 107 Å². The van der Waals surface area contributed by atoms with Gasteiger partial charge in [0.2, 0.25) is 0 Å². The van der Waals surface area contributed by atoms with Crippen molar-refractivity contribution in [2.24, 2.45) is 0 Å². The number of hydrogen-bond acceptors (Lipinski definition) is 0. The third kappa shape index (κ3) is 1.97. The van der Waals surface area contributed by atoms with Crippen LogP contribution < -0.4 is 0 Å². The average Bonchev–Trinajstić information content (AvgIpc) is 2.58. The van der Waals surface area contributed by atoms with E-state index >= 15 is 0 Å². The van der Waals surface area contributed by atoms with Gasteiger partial charge in [-0.25, -0.2) is 4.39 Å². The fourth-order valence-electron chi connectivity index (χ4n) is 2.60. The molecule has 1 aliphatic rings. The van der Waals surface area contributed by atoms with Crippen LogP contribution in [0.4, 0.5) is 4.39 Å². The monoisotopic (exact) mass is 238 g/mol. The van der Waals surface area contributed by atoms with Crippen LogP contribution in [0.1, 0.15) is 29.5 Å². The van der Waals surface area contributed by atoms with E-state index in [-0.39, 0.29) is 5.83 Å². The summed E-state index contributed by atoms with van der Waals surface area (Å²) in [4.78, 5) is 0. The summed E-state index contributed by atoms with van der Waals surface area (Å²) in [6.07, 6.45) is 2.39. The molecule has 0 bridgehead atoms. The van der Waals surface area contributed by atoms with E-state index < -0.39 is 0 Å². The molecule has 18 heavy (non-hydrogen) atoms. The topological polar surface area (TPSA) is 0 Å². The zero-order valence-corrected chi connectivity index (χ0v) is 10.2. The lowest BCUT2D eigenvalue weighted by atomic mass is 9.94. The Bertz CT molecular complexity index is 582. The minimum absolute atomic E-state index is 0.0196. The predicted molar refractivity (Wildman–Crippen MR) is 73.0 cm³/mol. The molecule has 2 aromatic carbocycles. The Balaban J connectivity index is 2.22. The second-order valence-corrected chi connectivity index (χ2v) is 4.66. The molecule has 2 aromatic rings. The maximum atomic E-state index is 14.4. The normalized spacial score (nSPS) is 15.2. The SMILES string of the molecule is FC1=C(c2ccccc2)c2ccccc2CCC1. The Morgan fingerprint density at radius 1 is 0.778 bits per heavy atom. The summed E-state index contributed by atoms with van der Waals surface area (Å²) in [6, 6.07) is 18.0. The lowest BCUT2D eigenvalue weighted by molar-refractivity contribution is 0.581. The van der Waals surface area contributed by atoms with Gasteiger partial charge in [0.1, 0.15) is 5.83 Å². The van der Waals surface area contributed by atoms with Crippen LogP contribution in [0.5, 0.6) is 0 Å². The first-order chi connectivity index (χ1) is 8.86. The van der Waals surface area contributed by atoms with Crippen molar-refractivity contribution in [2.45, 2.75) is 19.3 Å². The van der Waals surface area contributed by atoms with E-state index in [2.05, 4.69) is 6.07 Å². The van der Waals surface area contributed by atoms with Crippen molar-refractivity contribution in [1.29, 1.82) is 0 Å². The minimum Gasteiger partial charge on any atom is -0.211 e. The molecule has 0 saturated heterocycles. The highest BCUT2D eigenvalue weighted by Crippen LogP contribution is 2.35. The van der Waals surface area contributed by atoms with E-state index in [9.17, 15) is 4.39 Å². The zero-order chi connectivity index (χ0) is 12.4. The van der Waals surface area contributed by atoms with Crippen LogP contribution in [0.15, 0.2) is 60.4 Å². The molecule has 3 rings (SSSR count). The maximum Gasteiger partial charge on any atom is 0.108 e. The molecule has 0 aromatic heterocycles. The molecule has 0 nitrogen and oxygen atoms in total. The molecule has 90 valence electrons. The Kier molecular flexibility index (Phi) is 2.97. The smallest absolute Gasteiger partial charge is 0.108 e. The Morgan fingerprint density at radius 3 is 2.33 bits per heavy atom. The molecule has 0 heterocycles. The van der Waals surface area contributed by atoms with Gasteiger partial charge in [-0.05, 0) is 29.5 Å². The summed E-state index contributed by atoms with van der Waals surface area (Å²) in [7, 11) is 0. The van der Waals surface area contributed by atoms with Gasteiger partial charge in [0.25, 0.3) is 0 Å². The summed E-state index contributed by atoms with van der Waals surface area (Å²) in [5.74, 6) is 0.0196. The molecule has 1 heteroatoms. The quantitative estimate of drug-likeness (QED) is 0.672. The number of rotatable bonds is 1. The highest BCUT2D eigenvalue weighted by molar-refractivity contribution is 5.83. The maximum absolute atomic E-state index is 14.4. The number of fused-ring (bicyclic) bond motifs is 1. The number of allylic oxidation sites excluding steroid dienone is 1. The van der Waals surface area contributed by atoms with Crippen molar-refractivity contribution in [2.75, 3.05) is 0 Å². The van der Waals surface area contributed by atoms with E-state index in [1.54, 1.807) is 0 Å². The number of hydrogen-bond donors (Lipinski definition) is 0. The van der Waals surface area contributed by atoms with Crippen LogP contribution >= 0.6 is 0 Å². The van der Waals surface area contributed by atoms with Gasteiger partial charge in [-0.15, -0.1) is 0 Å². The standard InChI is InChI=1S/C17H15F/c18-16-12-6-10-13-7-4-5-11-15(13)17(16)14-8-2-1-3-9-14/h1-5,7-9,11H,6,10,12H2. The van der Waals surface area contributed by atoms with Crippen LogP contribution in [0.25, 0.3) is 5.57 Å². The molecule has 0 fully saturated rings. The molecule has 0 spiro atoms. The fourth-order valence-corrected chi connectivity index (χ4v) is 2.60. The van der Waals surface area contributed by atoms with E-state index in [1.807, 2.05) is 48.5 Å². The second-order valence-electron chi connectivity index (χ2n) is 4.66. The van der Waals surface area contributed by atoms with Crippen molar-refractivity contribution < 1.29 is 4.39 Å². The van der Waals surface area contributed by atoms with E-state index in [1.165, 1.54) is 5.56 Å². The summed E-state index contributed by atoms with van der Waals surface area (Å²) in [6.45, 7) is 0. The highest BCUT2D eigenvalue weighted by Gasteiger charge is 2.18. The predicted octanol–water partition coefficient (Wildman–Crippen LogP) is 4.75. The first-order valence-corrected chi connectivity index (χ1v) is 6.38. The first-order valence-electron chi connectivity index (χ1n) is 6.38. The number of halogens is 1. The molecule has 0 N–H and O–H groups in total. The van der Waals surface area contributed by atoms with Gasteiger partial charge in [0, 0.05) is 12.0 Å². The van der Waals surface area contributed by atoms with Crippen LogP contribution in [-0.2, 0) is 6.42 Å². The molecular weight excluding hydrogens is 223 g/mol. The van der Waals surface area contributed by atoms with Crippen molar-refractivity contribution in [1.82, 2.24) is 0 Å². The fraction of sp³-hybridized carbons (Fsp3) is 0.176. The molecule has 0 amide bonds. The molecule has 0 unspecified atom stereocenters. The summed E-state index contributed by atoms with van der Waals surface area (Å²) >= 11 is 0. The average molecular weight is 238 g/mol. The first kappa shape index (κ1) is 11.2. The largest absolute Gasteiger partial charge is 0.211 e. The van der Waals surface area contributed by atoms with Gasteiger partial charge in [0.15, 0.2) is 0 Å². The minimum atomic E-state index is 0.0196. The molecule has 0 saturated carbocycles. The van der Waals surface area contributed by atoms with Crippen molar-refractivity contribution in [3.05, 3.63) is 77.1 Å². The lowest BCUT2D eigenvalue weighted by Crippen LogP contribution is -1.93. The van der Waals surface area contributed by atoms with Gasteiger partial charge in [0.05, 0.1) is 0 Å². The van der Waals surface area contributed by atoms with Crippen LogP contribution in [0.2, 0.25) is 0 Å². The van der Waals surface area contributed by atoms with Crippen LogP contribution in [0, 0.1) is 0 Å². The zero-order valence-electron chi connectivity index (χ0n) is 10.2. The van der Waals surface area contributed by atoms with E-state index in [0.29, 0.717) is 6.42 Å². The highest BCUT2D eigenvalue weighted by atomic mass is 19.1. The van der Waals surface area contributed by atoms with Crippen molar-refractivity contribution in [3.63, 3.8) is 0 Å². The Morgan fingerprint density at radius 2 is 1.50 bits per heavy atom. The molecular formula is C17H15F. The van der Waals surface area contributed by atoms with E-state index in [0.717, 1.165) is 29.5 Å². The number of aryl methyl sites for hydroxylation is 1. The summed E-state index contributed by atoms with van der Waals surface area (Å²) in [5, 5.41) is 0.